The number of fused-ring (bicyclic) bond motifs is 1. The molecule has 0 aliphatic rings. The summed E-state index contributed by atoms with van der Waals surface area (Å²) in [6.07, 6.45) is 1.48. The van der Waals surface area contributed by atoms with E-state index in [1.54, 1.807) is 18.2 Å². The molecule has 0 unspecified atom stereocenters. The van der Waals surface area contributed by atoms with E-state index in [0.29, 0.717) is 21.1 Å². The first-order valence-electron chi connectivity index (χ1n) is 4.04. The molecule has 0 fully saturated rings. The molecule has 3 nitrogen and oxygen atoms in total. The van der Waals surface area contributed by atoms with Gasteiger partial charge in [-0.25, -0.2) is 0 Å². The Labute approximate surface area is 95.7 Å². The van der Waals surface area contributed by atoms with Crippen molar-refractivity contribution < 1.29 is 0 Å². The summed E-state index contributed by atoms with van der Waals surface area (Å²) in [7, 11) is 0. The van der Waals surface area contributed by atoms with Crippen molar-refractivity contribution in [3.8, 4) is 6.07 Å². The van der Waals surface area contributed by atoms with E-state index in [2.05, 4.69) is 16.1 Å². The summed E-state index contributed by atoms with van der Waals surface area (Å²) >= 11 is 11.7. The van der Waals surface area contributed by atoms with Gasteiger partial charge in [-0.3, -0.25) is 4.98 Å². The predicted molar refractivity (Wildman–Crippen MR) is 61.5 cm³/mol. The average Bonchev–Trinajstić information content (AvgIpc) is 2.22. The SMILES string of the molecule is [O-][N+]#Cc1c(Cl)ccc2cc(Cl)cnc12. The zero-order valence-corrected chi connectivity index (χ0v) is 8.88. The van der Waals surface area contributed by atoms with Gasteiger partial charge in [-0.05, 0) is 12.1 Å². The van der Waals surface area contributed by atoms with Crippen molar-refractivity contribution in [2.45, 2.75) is 0 Å². The van der Waals surface area contributed by atoms with Gasteiger partial charge in [0.2, 0.25) is 0 Å². The first-order valence-corrected chi connectivity index (χ1v) is 4.80. The highest BCUT2D eigenvalue weighted by atomic mass is 35.5. The van der Waals surface area contributed by atoms with Gasteiger partial charge in [-0.2, -0.15) is 0 Å². The molecule has 0 bridgehead atoms. The van der Waals surface area contributed by atoms with Crippen LogP contribution < -0.4 is 0 Å². The summed E-state index contributed by atoms with van der Waals surface area (Å²) < 4.78 is 0. The van der Waals surface area contributed by atoms with Crippen LogP contribution >= 0.6 is 23.2 Å². The molecule has 0 saturated carbocycles. The third-order valence-corrected chi connectivity index (χ3v) is 2.45. The Hall–Kier alpha value is -1.50. The smallest absolute Gasteiger partial charge is 0.340 e. The van der Waals surface area contributed by atoms with Gasteiger partial charge < -0.3 is 5.21 Å². The molecule has 15 heavy (non-hydrogen) atoms. The van der Waals surface area contributed by atoms with Gasteiger partial charge in [-0.15, -0.1) is 0 Å². The Morgan fingerprint density at radius 2 is 2.13 bits per heavy atom. The van der Waals surface area contributed by atoms with E-state index in [1.165, 1.54) is 6.20 Å². The molecular formula is C10H4Cl2N2O. The molecule has 2 rings (SSSR count). The van der Waals surface area contributed by atoms with E-state index in [-0.39, 0.29) is 0 Å². The van der Waals surface area contributed by atoms with Gasteiger partial charge in [0.05, 0.1) is 15.6 Å². The van der Waals surface area contributed by atoms with E-state index in [0.717, 1.165) is 5.39 Å². The first kappa shape index (κ1) is 10.0. The predicted octanol–water partition coefficient (Wildman–Crippen LogP) is 3.72. The third kappa shape index (κ3) is 1.82. The zero-order valence-electron chi connectivity index (χ0n) is 7.37. The van der Waals surface area contributed by atoms with E-state index in [1.807, 2.05) is 0 Å². The molecule has 0 saturated heterocycles. The minimum absolute atomic E-state index is 0.386. The number of rotatable bonds is 0. The fraction of sp³-hybridized carbons (Fsp3) is 0. The number of nitrogens with zero attached hydrogens (tertiary/aromatic N) is 2. The lowest BCUT2D eigenvalue weighted by Crippen LogP contribution is -1.85. The van der Waals surface area contributed by atoms with Crippen molar-refractivity contribution >= 4 is 34.1 Å². The number of pyridine rings is 1. The standard InChI is InChI=1S/C10H4Cl2N2O/c11-7-3-6-1-2-9(12)8(5-14-15)10(6)13-4-7/h1-4H. The highest BCUT2D eigenvalue weighted by Crippen LogP contribution is 2.25. The van der Waals surface area contributed by atoms with Crippen molar-refractivity contribution in [2.24, 2.45) is 0 Å². The van der Waals surface area contributed by atoms with Crippen LogP contribution in [0.15, 0.2) is 24.4 Å². The maximum absolute atomic E-state index is 10.2. The number of benzene rings is 1. The van der Waals surface area contributed by atoms with Gasteiger partial charge in [-0.1, -0.05) is 29.3 Å². The van der Waals surface area contributed by atoms with Gasteiger partial charge in [0.25, 0.3) is 0 Å². The Bertz CT molecular complexity index is 587. The van der Waals surface area contributed by atoms with Crippen LogP contribution in [-0.2, 0) is 0 Å². The number of halogens is 2. The fourth-order valence-electron chi connectivity index (χ4n) is 1.30. The van der Waals surface area contributed by atoms with E-state index < -0.39 is 0 Å². The largest absolute Gasteiger partial charge is 0.498 e. The van der Waals surface area contributed by atoms with Crippen LogP contribution in [0.25, 0.3) is 15.9 Å². The molecule has 2 aromatic rings. The normalized spacial score (nSPS) is 9.73. The minimum atomic E-state index is 0.386. The molecule has 1 heterocycles. The monoisotopic (exact) mass is 238 g/mol. The molecule has 5 heteroatoms. The van der Waals surface area contributed by atoms with Gasteiger partial charge in [0, 0.05) is 16.6 Å². The number of hydrogen-bond donors (Lipinski definition) is 0. The molecule has 0 N–H and O–H groups in total. The highest BCUT2D eigenvalue weighted by molar-refractivity contribution is 6.33. The second-order valence-corrected chi connectivity index (χ2v) is 3.69. The summed E-state index contributed by atoms with van der Waals surface area (Å²) in [5.74, 6) is 0. The fourth-order valence-corrected chi connectivity index (χ4v) is 1.66. The van der Waals surface area contributed by atoms with Crippen molar-refractivity contribution in [1.82, 2.24) is 4.98 Å². The van der Waals surface area contributed by atoms with Crippen LogP contribution in [0, 0.1) is 11.3 Å². The average molecular weight is 239 g/mol. The minimum Gasteiger partial charge on any atom is -0.498 e. The topological polar surface area (TPSA) is 40.3 Å². The molecule has 0 aliphatic heterocycles. The highest BCUT2D eigenvalue weighted by Gasteiger charge is 2.10. The van der Waals surface area contributed by atoms with Crippen molar-refractivity contribution in [3.63, 3.8) is 0 Å². The van der Waals surface area contributed by atoms with Crippen LogP contribution in [-0.4, -0.2) is 4.98 Å². The quantitative estimate of drug-likeness (QED) is 0.657. The summed E-state index contributed by atoms with van der Waals surface area (Å²) in [5, 5.41) is 14.4. The molecule has 0 atom stereocenters. The second-order valence-electron chi connectivity index (χ2n) is 2.85. The van der Waals surface area contributed by atoms with E-state index >= 15 is 0 Å². The Balaban J connectivity index is 2.85. The number of aromatic nitrogens is 1. The molecular weight excluding hydrogens is 235 g/mol. The second kappa shape index (κ2) is 3.93. The first-order chi connectivity index (χ1) is 7.22. The van der Waals surface area contributed by atoms with Crippen LogP contribution in [0.5, 0.6) is 0 Å². The van der Waals surface area contributed by atoms with Crippen LogP contribution in [0.3, 0.4) is 0 Å². The van der Waals surface area contributed by atoms with Crippen LogP contribution in [0.1, 0.15) is 5.56 Å². The van der Waals surface area contributed by atoms with Crippen molar-refractivity contribution in [3.05, 3.63) is 50.2 Å². The number of hydrogen-bond acceptors (Lipinski definition) is 2. The summed E-state index contributed by atoms with van der Waals surface area (Å²) in [6.45, 7) is 0. The Kier molecular flexibility index (Phi) is 2.63. The summed E-state index contributed by atoms with van der Waals surface area (Å²) in [4.78, 5) is 4.08. The lowest BCUT2D eigenvalue weighted by molar-refractivity contribution is 1.40. The van der Waals surface area contributed by atoms with Crippen molar-refractivity contribution in [1.29, 1.82) is 0 Å². The molecule has 74 valence electrons. The molecule has 0 aliphatic carbocycles. The Morgan fingerprint density at radius 3 is 2.87 bits per heavy atom. The molecule has 0 radical (unpaired) electrons. The summed E-state index contributed by atoms with van der Waals surface area (Å²) in [5.41, 5.74) is 0.951. The molecule has 0 amide bonds. The molecule has 1 aromatic heterocycles. The third-order valence-electron chi connectivity index (χ3n) is 1.93. The molecule has 1 aromatic carbocycles. The van der Waals surface area contributed by atoms with Gasteiger partial charge in [0.15, 0.2) is 0 Å². The zero-order chi connectivity index (χ0) is 10.8. The lowest BCUT2D eigenvalue weighted by atomic mass is 10.1. The van der Waals surface area contributed by atoms with Gasteiger partial charge >= 0.3 is 6.07 Å². The maximum atomic E-state index is 10.2. The Morgan fingerprint density at radius 1 is 1.33 bits per heavy atom. The van der Waals surface area contributed by atoms with Crippen LogP contribution in [0.2, 0.25) is 10.0 Å². The van der Waals surface area contributed by atoms with E-state index in [9.17, 15) is 5.21 Å². The molecule has 0 spiro atoms. The van der Waals surface area contributed by atoms with Gasteiger partial charge in [0.1, 0.15) is 5.56 Å². The van der Waals surface area contributed by atoms with Crippen molar-refractivity contribution in [2.75, 3.05) is 0 Å². The lowest BCUT2D eigenvalue weighted by Gasteiger charge is -1.99. The van der Waals surface area contributed by atoms with Crippen LogP contribution in [0.4, 0.5) is 0 Å². The maximum Gasteiger partial charge on any atom is 0.340 e. The van der Waals surface area contributed by atoms with E-state index in [4.69, 9.17) is 23.2 Å². The summed E-state index contributed by atoms with van der Waals surface area (Å²) in [6, 6.07) is 7.42.